The van der Waals surface area contributed by atoms with Gasteiger partial charge in [-0.25, -0.2) is 9.07 Å². The molecule has 3 rings (SSSR count). The molecule has 0 unspecified atom stereocenters. The lowest BCUT2D eigenvalue weighted by Crippen LogP contribution is -2.01. The van der Waals surface area contributed by atoms with Crippen LogP contribution >= 0.6 is 0 Å². The molecule has 0 spiro atoms. The predicted octanol–water partition coefficient (Wildman–Crippen LogP) is 3.57. The third-order valence-electron chi connectivity index (χ3n) is 3.23. The van der Waals surface area contributed by atoms with Crippen molar-refractivity contribution >= 4 is 5.82 Å². The maximum atomic E-state index is 13.0. The van der Waals surface area contributed by atoms with Crippen molar-refractivity contribution in [2.45, 2.75) is 6.92 Å². The van der Waals surface area contributed by atoms with Crippen molar-refractivity contribution in [1.29, 1.82) is 0 Å². The molecular weight excluding hydrogens is 253 g/mol. The molecule has 0 amide bonds. The first-order valence-corrected chi connectivity index (χ1v) is 6.33. The number of para-hydroxylation sites is 1. The number of nitrogen functional groups attached to an aromatic ring is 1. The fourth-order valence-corrected chi connectivity index (χ4v) is 2.28. The lowest BCUT2D eigenvalue weighted by atomic mass is 10.1. The fourth-order valence-electron chi connectivity index (χ4n) is 2.28. The van der Waals surface area contributed by atoms with E-state index in [2.05, 4.69) is 5.10 Å². The van der Waals surface area contributed by atoms with Gasteiger partial charge in [-0.3, -0.25) is 0 Å². The van der Waals surface area contributed by atoms with Crippen molar-refractivity contribution in [2.24, 2.45) is 0 Å². The smallest absolute Gasteiger partial charge is 0.135 e. The van der Waals surface area contributed by atoms with Gasteiger partial charge in [0.05, 0.1) is 11.4 Å². The van der Waals surface area contributed by atoms with Crippen LogP contribution in [0.5, 0.6) is 0 Å². The topological polar surface area (TPSA) is 43.8 Å². The molecule has 0 bridgehead atoms. The Bertz CT molecular complexity index is 730. The number of hydrogen-bond donors (Lipinski definition) is 1. The SMILES string of the molecule is Cc1nn(-c2ccccc2)c(N)c1-c1ccc(F)cc1. The Morgan fingerprint density at radius 3 is 2.30 bits per heavy atom. The molecule has 0 saturated heterocycles. The number of anilines is 1. The predicted molar refractivity (Wildman–Crippen MR) is 78.1 cm³/mol. The molecule has 2 aromatic carbocycles. The van der Waals surface area contributed by atoms with Gasteiger partial charge in [-0.05, 0) is 36.8 Å². The molecule has 20 heavy (non-hydrogen) atoms. The molecule has 3 aromatic rings. The summed E-state index contributed by atoms with van der Waals surface area (Å²) in [6.07, 6.45) is 0. The lowest BCUT2D eigenvalue weighted by Gasteiger charge is -2.05. The minimum atomic E-state index is -0.263. The maximum Gasteiger partial charge on any atom is 0.135 e. The van der Waals surface area contributed by atoms with Crippen LogP contribution in [0.4, 0.5) is 10.2 Å². The second-order valence-corrected chi connectivity index (χ2v) is 4.60. The quantitative estimate of drug-likeness (QED) is 0.771. The minimum Gasteiger partial charge on any atom is -0.383 e. The Hall–Kier alpha value is -2.62. The van der Waals surface area contributed by atoms with Gasteiger partial charge in [0.25, 0.3) is 0 Å². The van der Waals surface area contributed by atoms with E-state index < -0.39 is 0 Å². The first-order chi connectivity index (χ1) is 9.66. The van der Waals surface area contributed by atoms with Crippen LogP contribution in [0, 0.1) is 12.7 Å². The standard InChI is InChI=1S/C16H14FN3/c1-11-15(12-7-9-13(17)10-8-12)16(18)20(19-11)14-5-3-2-4-6-14/h2-10H,18H2,1H3. The molecule has 0 aliphatic carbocycles. The molecule has 0 atom stereocenters. The van der Waals surface area contributed by atoms with Crippen molar-refractivity contribution in [3.63, 3.8) is 0 Å². The highest BCUT2D eigenvalue weighted by atomic mass is 19.1. The average Bonchev–Trinajstić information content (AvgIpc) is 2.76. The highest BCUT2D eigenvalue weighted by molar-refractivity contribution is 5.77. The molecule has 0 saturated carbocycles. The van der Waals surface area contributed by atoms with E-state index >= 15 is 0 Å². The van der Waals surface area contributed by atoms with Gasteiger partial charge in [-0.15, -0.1) is 0 Å². The number of aryl methyl sites for hydroxylation is 1. The van der Waals surface area contributed by atoms with E-state index in [4.69, 9.17) is 5.73 Å². The van der Waals surface area contributed by atoms with Crippen LogP contribution in [-0.2, 0) is 0 Å². The third-order valence-corrected chi connectivity index (χ3v) is 3.23. The van der Waals surface area contributed by atoms with Crippen LogP contribution in [0.1, 0.15) is 5.69 Å². The number of halogens is 1. The Labute approximate surface area is 116 Å². The van der Waals surface area contributed by atoms with E-state index in [9.17, 15) is 4.39 Å². The van der Waals surface area contributed by atoms with Crippen LogP contribution in [0.3, 0.4) is 0 Å². The van der Waals surface area contributed by atoms with Crippen LogP contribution in [-0.4, -0.2) is 9.78 Å². The first-order valence-electron chi connectivity index (χ1n) is 6.33. The summed E-state index contributed by atoms with van der Waals surface area (Å²) in [6, 6.07) is 16.0. The van der Waals surface area contributed by atoms with Gasteiger partial charge in [0.1, 0.15) is 11.6 Å². The number of nitrogens with zero attached hydrogens (tertiary/aromatic N) is 2. The number of rotatable bonds is 2. The van der Waals surface area contributed by atoms with Gasteiger partial charge in [-0.1, -0.05) is 30.3 Å². The molecule has 0 aliphatic heterocycles. The summed E-state index contributed by atoms with van der Waals surface area (Å²) in [7, 11) is 0. The molecular formula is C16H14FN3. The maximum absolute atomic E-state index is 13.0. The normalized spacial score (nSPS) is 10.7. The van der Waals surface area contributed by atoms with Gasteiger partial charge in [-0.2, -0.15) is 5.10 Å². The van der Waals surface area contributed by atoms with Crippen LogP contribution in [0.25, 0.3) is 16.8 Å². The number of aromatic nitrogens is 2. The zero-order valence-electron chi connectivity index (χ0n) is 11.0. The zero-order chi connectivity index (χ0) is 14.1. The molecule has 2 N–H and O–H groups in total. The number of benzene rings is 2. The molecule has 0 radical (unpaired) electrons. The van der Waals surface area contributed by atoms with Crippen LogP contribution in [0.2, 0.25) is 0 Å². The van der Waals surface area contributed by atoms with E-state index in [1.165, 1.54) is 12.1 Å². The Balaban J connectivity index is 2.14. The summed E-state index contributed by atoms with van der Waals surface area (Å²) < 4.78 is 14.7. The summed E-state index contributed by atoms with van der Waals surface area (Å²) in [5.41, 5.74) is 9.64. The molecule has 1 heterocycles. The van der Waals surface area contributed by atoms with Crippen molar-refractivity contribution < 1.29 is 4.39 Å². The minimum absolute atomic E-state index is 0.263. The second kappa shape index (κ2) is 4.81. The van der Waals surface area contributed by atoms with Gasteiger partial charge in [0, 0.05) is 5.56 Å². The summed E-state index contributed by atoms with van der Waals surface area (Å²) in [4.78, 5) is 0. The third kappa shape index (κ3) is 2.05. The van der Waals surface area contributed by atoms with E-state index in [0.29, 0.717) is 5.82 Å². The fraction of sp³-hybridized carbons (Fsp3) is 0.0625. The van der Waals surface area contributed by atoms with Gasteiger partial charge in [0.15, 0.2) is 0 Å². The second-order valence-electron chi connectivity index (χ2n) is 4.60. The molecule has 0 fully saturated rings. The van der Waals surface area contributed by atoms with Gasteiger partial charge >= 0.3 is 0 Å². The Morgan fingerprint density at radius 2 is 1.65 bits per heavy atom. The highest BCUT2D eigenvalue weighted by Crippen LogP contribution is 2.31. The summed E-state index contributed by atoms with van der Waals surface area (Å²) in [6.45, 7) is 1.90. The Morgan fingerprint density at radius 1 is 1.00 bits per heavy atom. The number of nitrogens with two attached hydrogens (primary N) is 1. The summed E-state index contributed by atoms with van der Waals surface area (Å²) >= 11 is 0. The molecule has 4 heteroatoms. The Kier molecular flexibility index (Phi) is 2.99. The molecule has 3 nitrogen and oxygen atoms in total. The molecule has 1 aromatic heterocycles. The lowest BCUT2D eigenvalue weighted by molar-refractivity contribution is 0.628. The highest BCUT2D eigenvalue weighted by Gasteiger charge is 2.15. The van der Waals surface area contributed by atoms with E-state index in [-0.39, 0.29) is 5.82 Å². The zero-order valence-corrected chi connectivity index (χ0v) is 11.0. The number of hydrogen-bond acceptors (Lipinski definition) is 2. The van der Waals surface area contributed by atoms with E-state index in [1.54, 1.807) is 16.8 Å². The van der Waals surface area contributed by atoms with Crippen molar-refractivity contribution in [3.05, 3.63) is 66.1 Å². The summed E-state index contributed by atoms with van der Waals surface area (Å²) in [5, 5.41) is 4.48. The van der Waals surface area contributed by atoms with Crippen molar-refractivity contribution in [1.82, 2.24) is 9.78 Å². The summed E-state index contributed by atoms with van der Waals surface area (Å²) in [5.74, 6) is 0.292. The molecule has 100 valence electrons. The largest absolute Gasteiger partial charge is 0.383 e. The van der Waals surface area contributed by atoms with Crippen molar-refractivity contribution in [3.8, 4) is 16.8 Å². The van der Waals surface area contributed by atoms with Crippen molar-refractivity contribution in [2.75, 3.05) is 5.73 Å². The van der Waals surface area contributed by atoms with Crippen LogP contribution in [0.15, 0.2) is 54.6 Å². The average molecular weight is 267 g/mol. The van der Waals surface area contributed by atoms with E-state index in [0.717, 1.165) is 22.5 Å². The monoisotopic (exact) mass is 267 g/mol. The van der Waals surface area contributed by atoms with Gasteiger partial charge < -0.3 is 5.73 Å². The van der Waals surface area contributed by atoms with E-state index in [1.807, 2.05) is 37.3 Å². The molecule has 0 aliphatic rings. The van der Waals surface area contributed by atoms with Crippen LogP contribution < -0.4 is 5.73 Å². The van der Waals surface area contributed by atoms with Gasteiger partial charge in [0.2, 0.25) is 0 Å². The first kappa shape index (κ1) is 12.4.